The monoisotopic (exact) mass is 393 g/mol. The molecular weight excluding hydrogens is 373 g/mol. The summed E-state index contributed by atoms with van der Waals surface area (Å²) in [6, 6.07) is 1.67. The van der Waals surface area contributed by atoms with E-state index in [1.54, 1.807) is 33.3 Å². The number of fused-ring (bicyclic) bond motifs is 3. The standard InChI is InChI=1S/C20H20FN7O/c1-8-12(21)5-14(23-3)18-15(8)16-17(11-4-13(11)22)27-20(28-19(16)26-18)29-10-6-24-9(2)25-7-10/h5-7,11,13,23H,4,22H2,1-3H3,(H,26,27,28). The van der Waals surface area contributed by atoms with Crippen LogP contribution in [-0.2, 0) is 0 Å². The lowest BCUT2D eigenvalue weighted by Crippen LogP contribution is -2.04. The molecule has 5 rings (SSSR count). The van der Waals surface area contributed by atoms with Crippen LogP contribution >= 0.6 is 0 Å². The van der Waals surface area contributed by atoms with E-state index < -0.39 is 0 Å². The van der Waals surface area contributed by atoms with Crippen molar-refractivity contribution in [3.63, 3.8) is 0 Å². The SMILES string of the molecule is CNc1cc(F)c(C)c2c1[nH]c1nc(Oc3cnc(C)nc3)nc(C3CC3N)c12. The van der Waals surface area contributed by atoms with Gasteiger partial charge in [0.1, 0.15) is 17.3 Å². The number of halogens is 1. The molecule has 0 bridgehead atoms. The molecule has 0 saturated heterocycles. The summed E-state index contributed by atoms with van der Waals surface area (Å²) in [7, 11) is 1.75. The van der Waals surface area contributed by atoms with Gasteiger partial charge in [0, 0.05) is 29.8 Å². The largest absolute Gasteiger partial charge is 0.421 e. The first kappa shape index (κ1) is 17.7. The lowest BCUT2D eigenvalue weighted by molar-refractivity contribution is 0.437. The Morgan fingerprint density at radius 3 is 2.59 bits per heavy atom. The van der Waals surface area contributed by atoms with Crippen LogP contribution in [-0.4, -0.2) is 38.0 Å². The first-order valence-electron chi connectivity index (χ1n) is 9.38. The zero-order chi connectivity index (χ0) is 20.3. The van der Waals surface area contributed by atoms with Crippen molar-refractivity contribution in [1.29, 1.82) is 0 Å². The molecule has 0 amide bonds. The first-order valence-corrected chi connectivity index (χ1v) is 9.38. The van der Waals surface area contributed by atoms with Crippen molar-refractivity contribution in [3.8, 4) is 11.8 Å². The van der Waals surface area contributed by atoms with Gasteiger partial charge < -0.3 is 20.8 Å². The van der Waals surface area contributed by atoms with E-state index in [4.69, 9.17) is 10.5 Å². The van der Waals surface area contributed by atoms with E-state index in [0.29, 0.717) is 28.5 Å². The molecule has 2 unspecified atom stereocenters. The number of aryl methyl sites for hydroxylation is 2. The summed E-state index contributed by atoms with van der Waals surface area (Å²) in [6.45, 7) is 3.55. The molecule has 8 nitrogen and oxygen atoms in total. The van der Waals surface area contributed by atoms with Gasteiger partial charge in [-0.05, 0) is 31.9 Å². The zero-order valence-corrected chi connectivity index (χ0v) is 16.2. The Kier molecular flexibility index (Phi) is 3.88. The number of nitrogens with two attached hydrogens (primary N) is 1. The topological polar surface area (TPSA) is 115 Å². The highest BCUT2D eigenvalue weighted by atomic mass is 19.1. The van der Waals surface area contributed by atoms with Gasteiger partial charge in [0.15, 0.2) is 5.75 Å². The Morgan fingerprint density at radius 2 is 1.93 bits per heavy atom. The van der Waals surface area contributed by atoms with E-state index in [2.05, 4.69) is 30.2 Å². The van der Waals surface area contributed by atoms with Crippen LogP contribution in [0.3, 0.4) is 0 Å². The van der Waals surface area contributed by atoms with Gasteiger partial charge in [0.05, 0.1) is 29.3 Å². The van der Waals surface area contributed by atoms with Crippen molar-refractivity contribution in [2.45, 2.75) is 32.2 Å². The highest BCUT2D eigenvalue weighted by molar-refractivity contribution is 6.13. The smallest absolute Gasteiger partial charge is 0.324 e. The van der Waals surface area contributed by atoms with Crippen molar-refractivity contribution in [2.75, 3.05) is 12.4 Å². The van der Waals surface area contributed by atoms with E-state index in [1.807, 2.05) is 0 Å². The number of nitrogens with zero attached hydrogens (tertiary/aromatic N) is 4. The van der Waals surface area contributed by atoms with Gasteiger partial charge in [-0.1, -0.05) is 0 Å². The molecule has 148 valence electrons. The molecule has 4 aromatic rings. The minimum atomic E-state index is -0.286. The molecule has 1 saturated carbocycles. The average molecular weight is 393 g/mol. The predicted octanol–water partition coefficient (Wildman–Crippen LogP) is 3.31. The number of aromatic nitrogens is 5. The van der Waals surface area contributed by atoms with E-state index in [1.165, 1.54) is 6.07 Å². The van der Waals surface area contributed by atoms with Crippen LogP contribution in [0.1, 0.15) is 29.4 Å². The molecule has 1 aromatic carbocycles. The van der Waals surface area contributed by atoms with Gasteiger partial charge in [-0.25, -0.2) is 14.4 Å². The first-order chi connectivity index (χ1) is 14.0. The highest BCUT2D eigenvalue weighted by Gasteiger charge is 2.39. The van der Waals surface area contributed by atoms with Crippen molar-refractivity contribution in [2.24, 2.45) is 5.73 Å². The number of hydrogen-bond acceptors (Lipinski definition) is 7. The summed E-state index contributed by atoms with van der Waals surface area (Å²) in [6.07, 6.45) is 3.96. The Bertz CT molecular complexity index is 1250. The molecule has 0 aliphatic heterocycles. The van der Waals surface area contributed by atoms with Gasteiger partial charge in [0.2, 0.25) is 0 Å². The van der Waals surface area contributed by atoms with Gasteiger partial charge in [-0.15, -0.1) is 0 Å². The lowest BCUT2D eigenvalue weighted by Gasteiger charge is -2.09. The number of rotatable bonds is 4. The van der Waals surface area contributed by atoms with Gasteiger partial charge in [-0.3, -0.25) is 0 Å². The molecule has 9 heteroatoms. The van der Waals surface area contributed by atoms with Gasteiger partial charge in [0.25, 0.3) is 0 Å². The number of anilines is 1. The molecule has 1 aliphatic rings. The lowest BCUT2D eigenvalue weighted by atomic mass is 10.0. The minimum Gasteiger partial charge on any atom is -0.421 e. The summed E-state index contributed by atoms with van der Waals surface area (Å²) in [5, 5.41) is 4.60. The Hall–Kier alpha value is -3.33. The third-order valence-corrected chi connectivity index (χ3v) is 5.36. The molecule has 3 heterocycles. The summed E-state index contributed by atoms with van der Waals surface area (Å²) in [5.74, 6) is 0.879. The maximum Gasteiger partial charge on any atom is 0.324 e. The van der Waals surface area contributed by atoms with Crippen LogP contribution in [0.2, 0.25) is 0 Å². The molecule has 1 aliphatic carbocycles. The van der Waals surface area contributed by atoms with Crippen LogP contribution in [0.5, 0.6) is 11.8 Å². The summed E-state index contributed by atoms with van der Waals surface area (Å²) in [5.41, 5.74) is 9.46. The molecule has 29 heavy (non-hydrogen) atoms. The maximum absolute atomic E-state index is 14.6. The Labute approximate surface area is 165 Å². The van der Waals surface area contributed by atoms with E-state index in [9.17, 15) is 4.39 Å². The quantitative estimate of drug-likeness (QED) is 0.487. The summed E-state index contributed by atoms with van der Waals surface area (Å²) in [4.78, 5) is 20.7. The number of ether oxygens (including phenoxy) is 1. The van der Waals surface area contributed by atoms with Crippen molar-refractivity contribution in [3.05, 3.63) is 41.4 Å². The Balaban J connectivity index is 1.75. The average Bonchev–Trinajstić information content (AvgIpc) is 3.30. The van der Waals surface area contributed by atoms with Crippen LogP contribution < -0.4 is 15.8 Å². The number of aromatic amines is 1. The van der Waals surface area contributed by atoms with E-state index >= 15 is 0 Å². The number of benzene rings is 1. The maximum atomic E-state index is 14.6. The van der Waals surface area contributed by atoms with Crippen LogP contribution in [0.25, 0.3) is 21.9 Å². The van der Waals surface area contributed by atoms with E-state index in [0.717, 1.165) is 28.4 Å². The fourth-order valence-corrected chi connectivity index (χ4v) is 3.68. The van der Waals surface area contributed by atoms with Crippen molar-refractivity contribution < 1.29 is 9.13 Å². The molecule has 1 fully saturated rings. The second-order valence-electron chi connectivity index (χ2n) is 7.35. The van der Waals surface area contributed by atoms with Crippen LogP contribution in [0.15, 0.2) is 18.5 Å². The molecule has 4 N–H and O–H groups in total. The van der Waals surface area contributed by atoms with Crippen molar-refractivity contribution >= 4 is 27.6 Å². The highest BCUT2D eigenvalue weighted by Crippen LogP contribution is 2.45. The second kappa shape index (κ2) is 6.35. The zero-order valence-electron chi connectivity index (χ0n) is 16.2. The third kappa shape index (κ3) is 2.85. The second-order valence-corrected chi connectivity index (χ2v) is 7.35. The van der Waals surface area contributed by atoms with E-state index in [-0.39, 0.29) is 23.8 Å². The number of H-pyrrole nitrogens is 1. The fraction of sp³-hybridized carbons (Fsp3) is 0.300. The molecule has 2 atom stereocenters. The van der Waals surface area contributed by atoms with Crippen LogP contribution in [0.4, 0.5) is 10.1 Å². The fourth-order valence-electron chi connectivity index (χ4n) is 3.68. The molecular formula is C20H20FN7O. The number of nitrogens with one attached hydrogen (secondary N) is 2. The minimum absolute atomic E-state index is 0.0197. The van der Waals surface area contributed by atoms with Gasteiger partial charge in [-0.2, -0.15) is 9.97 Å². The molecule has 3 aromatic heterocycles. The molecule has 0 spiro atoms. The predicted molar refractivity (Wildman–Crippen MR) is 108 cm³/mol. The third-order valence-electron chi connectivity index (χ3n) is 5.36. The molecule has 0 radical (unpaired) electrons. The van der Waals surface area contributed by atoms with Crippen molar-refractivity contribution in [1.82, 2.24) is 24.9 Å². The summed E-state index contributed by atoms with van der Waals surface area (Å²) >= 11 is 0. The summed E-state index contributed by atoms with van der Waals surface area (Å²) < 4.78 is 20.4. The Morgan fingerprint density at radius 1 is 1.21 bits per heavy atom. The number of hydrogen-bond donors (Lipinski definition) is 3. The van der Waals surface area contributed by atoms with Crippen LogP contribution in [0, 0.1) is 19.7 Å². The normalized spacial score (nSPS) is 18.4. The van der Waals surface area contributed by atoms with Gasteiger partial charge >= 0.3 is 6.01 Å².